The van der Waals surface area contributed by atoms with E-state index in [4.69, 9.17) is 0 Å². The van der Waals surface area contributed by atoms with Gasteiger partial charge in [-0.25, -0.2) is 0 Å². The van der Waals surface area contributed by atoms with Gasteiger partial charge in [0.05, 0.1) is 6.20 Å². The van der Waals surface area contributed by atoms with Crippen LogP contribution in [0.25, 0.3) is 5.65 Å². The van der Waals surface area contributed by atoms with Crippen LogP contribution in [0, 0.1) is 0 Å². The summed E-state index contributed by atoms with van der Waals surface area (Å²) in [5, 5.41) is 20.2. The molecule has 8 nitrogen and oxygen atoms in total. The molecular formula is C14H18N8. The highest BCUT2D eigenvalue weighted by molar-refractivity contribution is 5.44. The molecule has 3 aromatic heterocycles. The zero-order chi connectivity index (χ0) is 14.9. The first kappa shape index (κ1) is 13.2. The number of fused-ring (bicyclic) bond motifs is 1. The Hall–Kier alpha value is -2.51. The molecule has 1 aliphatic heterocycles. The second-order valence-electron chi connectivity index (χ2n) is 5.61. The smallest absolute Gasteiger partial charge is 0.200 e. The molecule has 1 aliphatic rings. The molecule has 0 N–H and O–H groups in total. The Bertz CT molecular complexity index is 768. The number of aryl methyl sites for hydroxylation is 1. The van der Waals surface area contributed by atoms with Gasteiger partial charge in [-0.3, -0.25) is 4.68 Å². The van der Waals surface area contributed by atoms with Gasteiger partial charge in [-0.15, -0.1) is 14.8 Å². The third-order valence-corrected chi connectivity index (χ3v) is 4.32. The monoisotopic (exact) mass is 298 g/mol. The molecule has 0 spiro atoms. The van der Waals surface area contributed by atoms with Gasteiger partial charge in [-0.05, 0) is 53.8 Å². The summed E-state index contributed by atoms with van der Waals surface area (Å²) in [4.78, 5) is 2.29. The van der Waals surface area contributed by atoms with Crippen LogP contribution in [0.1, 0.15) is 31.2 Å². The van der Waals surface area contributed by atoms with E-state index in [0.717, 1.165) is 38.3 Å². The number of piperidine rings is 1. The number of nitrogens with zero attached hydrogens (tertiary/aromatic N) is 8. The number of tetrazole rings is 1. The Morgan fingerprint density at radius 2 is 2.09 bits per heavy atom. The average molecular weight is 298 g/mol. The van der Waals surface area contributed by atoms with Crippen LogP contribution >= 0.6 is 0 Å². The molecule has 0 radical (unpaired) electrons. The topological polar surface area (TPSA) is 77.0 Å². The Balaban J connectivity index is 1.46. The lowest BCUT2D eigenvalue weighted by atomic mass is 9.91. The van der Waals surface area contributed by atoms with E-state index in [1.807, 2.05) is 23.0 Å². The molecule has 0 bridgehead atoms. The molecule has 0 amide bonds. The largest absolute Gasteiger partial charge is 0.355 e. The van der Waals surface area contributed by atoms with E-state index in [2.05, 4.69) is 43.7 Å². The number of hydrogen-bond donors (Lipinski definition) is 0. The molecule has 114 valence electrons. The predicted molar refractivity (Wildman–Crippen MR) is 80.7 cm³/mol. The Morgan fingerprint density at radius 1 is 1.23 bits per heavy atom. The summed E-state index contributed by atoms with van der Waals surface area (Å²) in [5.74, 6) is 1.52. The summed E-state index contributed by atoms with van der Waals surface area (Å²) in [6, 6.07) is 3.89. The van der Waals surface area contributed by atoms with E-state index in [9.17, 15) is 0 Å². The number of aromatic nitrogens is 7. The second kappa shape index (κ2) is 5.36. The average Bonchev–Trinajstić information content (AvgIpc) is 3.23. The minimum atomic E-state index is 0.591. The van der Waals surface area contributed by atoms with E-state index in [0.29, 0.717) is 11.6 Å². The number of hydrogen-bond acceptors (Lipinski definition) is 6. The first-order valence-electron chi connectivity index (χ1n) is 7.66. The molecule has 1 fully saturated rings. The minimum absolute atomic E-state index is 0.591. The molecule has 0 saturated carbocycles. The van der Waals surface area contributed by atoms with Crippen molar-refractivity contribution in [1.29, 1.82) is 0 Å². The summed E-state index contributed by atoms with van der Waals surface area (Å²) in [5.41, 5.74) is 2.02. The van der Waals surface area contributed by atoms with Crippen molar-refractivity contribution in [3.63, 3.8) is 0 Å². The zero-order valence-electron chi connectivity index (χ0n) is 12.5. The van der Waals surface area contributed by atoms with Crippen LogP contribution in [0.5, 0.6) is 0 Å². The Morgan fingerprint density at radius 3 is 2.86 bits per heavy atom. The number of rotatable bonds is 3. The highest BCUT2D eigenvalue weighted by atomic mass is 15.6. The summed E-state index contributed by atoms with van der Waals surface area (Å²) in [6.07, 6.45) is 6.41. The summed E-state index contributed by atoms with van der Waals surface area (Å²) >= 11 is 0. The zero-order valence-corrected chi connectivity index (χ0v) is 12.5. The SMILES string of the molecule is CCn1cc(C2CCN(c3ccc4nnnn4n3)CC2)cn1. The van der Waals surface area contributed by atoms with Crippen molar-refractivity contribution < 1.29 is 0 Å². The van der Waals surface area contributed by atoms with Crippen molar-refractivity contribution in [3.05, 3.63) is 30.1 Å². The van der Waals surface area contributed by atoms with Crippen LogP contribution in [0.2, 0.25) is 0 Å². The molecule has 3 aromatic rings. The lowest BCUT2D eigenvalue weighted by molar-refractivity contribution is 0.499. The summed E-state index contributed by atoms with van der Waals surface area (Å²) in [6.45, 7) is 5.01. The Kier molecular flexibility index (Phi) is 3.21. The molecule has 0 atom stereocenters. The van der Waals surface area contributed by atoms with Crippen molar-refractivity contribution in [2.24, 2.45) is 0 Å². The Labute approximate surface area is 127 Å². The molecule has 1 saturated heterocycles. The highest BCUT2D eigenvalue weighted by Gasteiger charge is 2.22. The minimum Gasteiger partial charge on any atom is -0.355 e. The number of anilines is 1. The van der Waals surface area contributed by atoms with E-state index < -0.39 is 0 Å². The quantitative estimate of drug-likeness (QED) is 0.721. The van der Waals surface area contributed by atoms with E-state index >= 15 is 0 Å². The van der Waals surface area contributed by atoms with Crippen LogP contribution in [0.4, 0.5) is 5.82 Å². The maximum absolute atomic E-state index is 4.46. The normalized spacial score (nSPS) is 16.5. The van der Waals surface area contributed by atoms with E-state index in [-0.39, 0.29) is 0 Å². The summed E-state index contributed by atoms with van der Waals surface area (Å²) < 4.78 is 3.47. The van der Waals surface area contributed by atoms with Gasteiger partial charge in [0.15, 0.2) is 11.5 Å². The third-order valence-electron chi connectivity index (χ3n) is 4.32. The van der Waals surface area contributed by atoms with E-state index in [1.54, 1.807) is 0 Å². The van der Waals surface area contributed by atoms with Crippen LogP contribution in [0.15, 0.2) is 24.5 Å². The third kappa shape index (κ3) is 2.30. The molecule has 0 aliphatic carbocycles. The van der Waals surface area contributed by atoms with Gasteiger partial charge in [0, 0.05) is 25.8 Å². The van der Waals surface area contributed by atoms with Crippen molar-refractivity contribution in [1.82, 2.24) is 35.0 Å². The molecule has 8 heteroatoms. The van der Waals surface area contributed by atoms with Gasteiger partial charge in [0.25, 0.3) is 0 Å². The van der Waals surface area contributed by atoms with E-state index in [1.165, 1.54) is 10.2 Å². The first-order chi connectivity index (χ1) is 10.8. The molecule has 0 unspecified atom stereocenters. The van der Waals surface area contributed by atoms with Crippen LogP contribution < -0.4 is 4.90 Å². The maximum atomic E-state index is 4.46. The van der Waals surface area contributed by atoms with Crippen LogP contribution in [-0.4, -0.2) is 48.1 Å². The second-order valence-corrected chi connectivity index (χ2v) is 5.61. The summed E-state index contributed by atoms with van der Waals surface area (Å²) in [7, 11) is 0. The van der Waals surface area contributed by atoms with Crippen LogP contribution in [-0.2, 0) is 6.54 Å². The lowest BCUT2D eigenvalue weighted by Gasteiger charge is -2.32. The van der Waals surface area contributed by atoms with Gasteiger partial charge >= 0.3 is 0 Å². The predicted octanol–water partition coefficient (Wildman–Crippen LogP) is 1.12. The molecular weight excluding hydrogens is 280 g/mol. The van der Waals surface area contributed by atoms with Crippen molar-refractivity contribution in [2.75, 3.05) is 18.0 Å². The highest BCUT2D eigenvalue weighted by Crippen LogP contribution is 2.29. The fraction of sp³-hybridized carbons (Fsp3) is 0.500. The lowest BCUT2D eigenvalue weighted by Crippen LogP contribution is -2.33. The standard InChI is InChI=1S/C14H18N8/c1-2-21-10-12(9-15-21)11-5-7-20(8-6-11)14-4-3-13-16-18-19-22(13)17-14/h3-4,9-11H,2,5-8H2,1H3. The van der Waals surface area contributed by atoms with Crippen LogP contribution in [0.3, 0.4) is 0 Å². The fourth-order valence-corrected chi connectivity index (χ4v) is 3.01. The molecule has 4 rings (SSSR count). The van der Waals surface area contributed by atoms with Gasteiger partial charge in [-0.2, -0.15) is 5.10 Å². The van der Waals surface area contributed by atoms with Crippen molar-refractivity contribution >= 4 is 11.5 Å². The maximum Gasteiger partial charge on any atom is 0.200 e. The fourth-order valence-electron chi connectivity index (χ4n) is 3.01. The van der Waals surface area contributed by atoms with Crippen molar-refractivity contribution in [2.45, 2.75) is 32.2 Å². The van der Waals surface area contributed by atoms with Crippen molar-refractivity contribution in [3.8, 4) is 0 Å². The van der Waals surface area contributed by atoms with Gasteiger partial charge in [0.2, 0.25) is 0 Å². The van der Waals surface area contributed by atoms with Gasteiger partial charge in [-0.1, -0.05) is 0 Å². The van der Waals surface area contributed by atoms with Gasteiger partial charge < -0.3 is 4.90 Å². The first-order valence-corrected chi connectivity index (χ1v) is 7.66. The molecule has 4 heterocycles. The molecule has 0 aromatic carbocycles. The van der Waals surface area contributed by atoms with Gasteiger partial charge in [0.1, 0.15) is 0 Å². The molecule has 22 heavy (non-hydrogen) atoms.